The third-order valence-electron chi connectivity index (χ3n) is 2.92. The van der Waals surface area contributed by atoms with Crippen molar-refractivity contribution in [3.8, 4) is 6.07 Å². The first-order valence-corrected chi connectivity index (χ1v) is 6.46. The molecule has 0 amide bonds. The van der Waals surface area contributed by atoms with E-state index in [2.05, 4.69) is 31.7 Å². The number of hydrogen-bond donors (Lipinski definition) is 1. The molecular formula is C15H22N2O. The summed E-state index contributed by atoms with van der Waals surface area (Å²) in [5.41, 5.74) is 2.49. The molecule has 0 aromatic heterocycles. The van der Waals surface area contributed by atoms with E-state index in [1.807, 2.05) is 12.1 Å². The van der Waals surface area contributed by atoms with Crippen molar-refractivity contribution in [3.05, 3.63) is 29.3 Å². The van der Waals surface area contributed by atoms with Gasteiger partial charge in [0, 0.05) is 24.3 Å². The molecule has 0 aliphatic heterocycles. The lowest BCUT2D eigenvalue weighted by molar-refractivity contribution is 0.199. The number of hydrogen-bond acceptors (Lipinski definition) is 3. The molecule has 1 rings (SSSR count). The highest BCUT2D eigenvalue weighted by atomic mass is 16.3. The highest BCUT2D eigenvalue weighted by molar-refractivity contribution is 5.58. The molecule has 1 atom stereocenters. The molecule has 0 radical (unpaired) electrons. The van der Waals surface area contributed by atoms with Crippen LogP contribution in [0.15, 0.2) is 18.2 Å². The van der Waals surface area contributed by atoms with Crippen molar-refractivity contribution in [2.45, 2.75) is 33.8 Å². The van der Waals surface area contributed by atoms with E-state index in [1.54, 1.807) is 13.0 Å². The second kappa shape index (κ2) is 6.42. The Bertz CT molecular complexity index is 433. The van der Waals surface area contributed by atoms with E-state index >= 15 is 0 Å². The lowest BCUT2D eigenvalue weighted by Crippen LogP contribution is -2.28. The van der Waals surface area contributed by atoms with Crippen LogP contribution in [0.3, 0.4) is 0 Å². The summed E-state index contributed by atoms with van der Waals surface area (Å²) in [5, 5.41) is 18.8. The van der Waals surface area contributed by atoms with E-state index in [9.17, 15) is 5.11 Å². The average molecular weight is 246 g/mol. The van der Waals surface area contributed by atoms with Crippen LogP contribution in [0.1, 0.15) is 44.9 Å². The van der Waals surface area contributed by atoms with Crippen molar-refractivity contribution in [1.29, 1.82) is 5.26 Å². The van der Waals surface area contributed by atoms with Crippen LogP contribution in [0.2, 0.25) is 0 Å². The van der Waals surface area contributed by atoms with Gasteiger partial charge in [0.2, 0.25) is 0 Å². The summed E-state index contributed by atoms with van der Waals surface area (Å²) in [6, 6.07) is 7.63. The first kappa shape index (κ1) is 14.5. The van der Waals surface area contributed by atoms with Crippen LogP contribution in [0.5, 0.6) is 0 Å². The number of aliphatic hydroxyl groups is 1. The molecule has 3 nitrogen and oxygen atoms in total. The van der Waals surface area contributed by atoms with Crippen molar-refractivity contribution < 1.29 is 5.11 Å². The Morgan fingerprint density at radius 3 is 2.44 bits per heavy atom. The molecule has 1 unspecified atom stereocenters. The van der Waals surface area contributed by atoms with Gasteiger partial charge in [-0.05, 0) is 31.9 Å². The van der Waals surface area contributed by atoms with Gasteiger partial charge in [-0.3, -0.25) is 0 Å². The number of nitriles is 1. The van der Waals surface area contributed by atoms with Gasteiger partial charge in [0.25, 0.3) is 0 Å². The van der Waals surface area contributed by atoms with E-state index in [-0.39, 0.29) is 0 Å². The maximum absolute atomic E-state index is 9.84. The smallest absolute Gasteiger partial charge is 0.0992 e. The molecule has 1 aromatic carbocycles. The molecule has 18 heavy (non-hydrogen) atoms. The maximum Gasteiger partial charge on any atom is 0.0992 e. The zero-order valence-electron chi connectivity index (χ0n) is 11.6. The number of anilines is 1. The Morgan fingerprint density at radius 1 is 1.33 bits per heavy atom. The Kier molecular flexibility index (Phi) is 5.18. The Hall–Kier alpha value is -1.53. The molecule has 0 heterocycles. The van der Waals surface area contributed by atoms with Crippen molar-refractivity contribution in [2.75, 3.05) is 18.0 Å². The number of benzene rings is 1. The van der Waals surface area contributed by atoms with Crippen molar-refractivity contribution >= 4 is 5.69 Å². The molecule has 0 spiro atoms. The van der Waals surface area contributed by atoms with Gasteiger partial charge in [-0.25, -0.2) is 0 Å². The first-order valence-electron chi connectivity index (χ1n) is 6.46. The third-order valence-corrected chi connectivity index (χ3v) is 2.92. The fraction of sp³-hybridized carbons (Fsp3) is 0.533. The molecular weight excluding hydrogens is 224 g/mol. The summed E-state index contributed by atoms with van der Waals surface area (Å²) in [6.45, 7) is 9.97. The summed E-state index contributed by atoms with van der Waals surface area (Å²) in [6.07, 6.45) is -0.519. The number of rotatable bonds is 5. The molecule has 0 saturated heterocycles. The average Bonchev–Trinajstić information content (AvgIpc) is 2.34. The summed E-state index contributed by atoms with van der Waals surface area (Å²) >= 11 is 0. The fourth-order valence-corrected chi connectivity index (χ4v) is 2.08. The predicted molar refractivity (Wildman–Crippen MR) is 74.5 cm³/mol. The van der Waals surface area contributed by atoms with E-state index in [0.29, 0.717) is 11.5 Å². The van der Waals surface area contributed by atoms with Gasteiger partial charge in [-0.1, -0.05) is 19.9 Å². The zero-order valence-corrected chi connectivity index (χ0v) is 11.6. The molecule has 0 aliphatic rings. The quantitative estimate of drug-likeness (QED) is 0.868. The van der Waals surface area contributed by atoms with Crippen LogP contribution in [-0.4, -0.2) is 18.2 Å². The Balaban J connectivity index is 3.20. The van der Waals surface area contributed by atoms with E-state index in [0.717, 1.165) is 24.3 Å². The monoisotopic (exact) mass is 246 g/mol. The lowest BCUT2D eigenvalue weighted by atomic mass is 10.0. The van der Waals surface area contributed by atoms with E-state index in [4.69, 9.17) is 5.26 Å². The first-order chi connectivity index (χ1) is 8.49. The van der Waals surface area contributed by atoms with Gasteiger partial charge >= 0.3 is 0 Å². The second-order valence-corrected chi connectivity index (χ2v) is 4.99. The van der Waals surface area contributed by atoms with Crippen LogP contribution >= 0.6 is 0 Å². The number of aliphatic hydroxyl groups excluding tert-OH is 1. The Labute approximate surface area is 110 Å². The number of nitrogens with zero attached hydrogens (tertiary/aromatic N) is 2. The summed E-state index contributed by atoms with van der Waals surface area (Å²) in [7, 11) is 0. The lowest BCUT2D eigenvalue weighted by Gasteiger charge is -2.28. The molecule has 0 saturated carbocycles. The van der Waals surface area contributed by atoms with Crippen molar-refractivity contribution in [3.63, 3.8) is 0 Å². The minimum atomic E-state index is -0.519. The SMILES string of the molecule is CCN(CC(C)C)c1cc(C#N)ccc1C(C)O. The molecule has 1 N–H and O–H groups in total. The van der Waals surface area contributed by atoms with E-state index < -0.39 is 6.10 Å². The van der Waals surface area contributed by atoms with Crippen LogP contribution in [0.25, 0.3) is 0 Å². The summed E-state index contributed by atoms with van der Waals surface area (Å²) in [4.78, 5) is 2.22. The third kappa shape index (κ3) is 3.48. The van der Waals surface area contributed by atoms with Gasteiger partial charge in [0.05, 0.1) is 17.7 Å². The van der Waals surface area contributed by atoms with Gasteiger partial charge < -0.3 is 10.0 Å². The minimum absolute atomic E-state index is 0.519. The maximum atomic E-state index is 9.84. The molecule has 3 heteroatoms. The Morgan fingerprint density at radius 2 is 2.00 bits per heavy atom. The van der Waals surface area contributed by atoms with Crippen molar-refractivity contribution in [1.82, 2.24) is 0 Å². The molecule has 0 aliphatic carbocycles. The van der Waals surface area contributed by atoms with Gasteiger partial charge in [0.15, 0.2) is 0 Å². The largest absolute Gasteiger partial charge is 0.389 e. The second-order valence-electron chi connectivity index (χ2n) is 4.99. The predicted octanol–water partition coefficient (Wildman–Crippen LogP) is 3.09. The molecule has 0 fully saturated rings. The fourth-order valence-electron chi connectivity index (χ4n) is 2.08. The standard InChI is InChI=1S/C15H22N2O/c1-5-17(10-11(2)3)15-8-13(9-16)6-7-14(15)12(4)18/h6-8,11-12,18H,5,10H2,1-4H3. The highest BCUT2D eigenvalue weighted by Gasteiger charge is 2.15. The van der Waals surface area contributed by atoms with Crippen LogP contribution in [0.4, 0.5) is 5.69 Å². The molecule has 98 valence electrons. The zero-order chi connectivity index (χ0) is 13.7. The normalized spacial score (nSPS) is 12.3. The highest BCUT2D eigenvalue weighted by Crippen LogP contribution is 2.28. The topological polar surface area (TPSA) is 47.3 Å². The molecule has 0 bridgehead atoms. The van der Waals surface area contributed by atoms with Gasteiger partial charge in [-0.2, -0.15) is 5.26 Å². The van der Waals surface area contributed by atoms with Gasteiger partial charge in [-0.15, -0.1) is 0 Å². The minimum Gasteiger partial charge on any atom is -0.389 e. The molecule has 1 aromatic rings. The van der Waals surface area contributed by atoms with Crippen molar-refractivity contribution in [2.24, 2.45) is 5.92 Å². The summed E-state index contributed by atoms with van der Waals surface area (Å²) < 4.78 is 0. The van der Waals surface area contributed by atoms with Gasteiger partial charge in [0.1, 0.15) is 0 Å². The van der Waals surface area contributed by atoms with E-state index in [1.165, 1.54) is 0 Å². The summed E-state index contributed by atoms with van der Waals surface area (Å²) in [5.74, 6) is 0.539. The van der Waals surface area contributed by atoms with Crippen LogP contribution in [0, 0.1) is 17.2 Å². The van der Waals surface area contributed by atoms with Crippen LogP contribution in [-0.2, 0) is 0 Å². The van der Waals surface area contributed by atoms with Crippen LogP contribution < -0.4 is 4.90 Å².